The van der Waals surface area contributed by atoms with Gasteiger partial charge in [-0.25, -0.2) is 4.79 Å². The van der Waals surface area contributed by atoms with Crippen LogP contribution in [0, 0.1) is 5.41 Å². The lowest BCUT2D eigenvalue weighted by Gasteiger charge is -2.30. The smallest absolute Gasteiger partial charge is 0.480 e. The number of hydrogen-bond donors (Lipinski definition) is 2. The number of likely N-dealkylation sites (N-methyl/N-ethyl adjacent to an activating group) is 1. The first-order chi connectivity index (χ1) is 12.5. The molecule has 10 heteroatoms. The van der Waals surface area contributed by atoms with E-state index in [2.05, 4.69) is 18.7 Å². The number of likely N-dealkylation sites (tertiary alicyclic amines) is 1. The van der Waals surface area contributed by atoms with Gasteiger partial charge in [0, 0.05) is 19.1 Å². The molecule has 1 amide bonds. The van der Waals surface area contributed by atoms with E-state index in [0.717, 1.165) is 19.5 Å². The zero-order valence-electron chi connectivity index (χ0n) is 15.3. The molecule has 0 saturated carbocycles. The SMILES string of the molecule is CCN(CC)C1CCN(C(=O)C2(C(=O)O)CC=CC2)C1.O=C(O)C(F)(F)F. The fraction of sp³-hybridized carbons (Fsp3) is 0.706. The van der Waals surface area contributed by atoms with Crippen LogP contribution < -0.4 is 0 Å². The average Bonchev–Trinajstić information content (AvgIpc) is 3.25. The molecule has 0 spiro atoms. The highest BCUT2D eigenvalue weighted by Crippen LogP contribution is 2.36. The Morgan fingerprint density at radius 1 is 1.15 bits per heavy atom. The van der Waals surface area contributed by atoms with Crippen molar-refractivity contribution in [2.75, 3.05) is 26.2 Å². The van der Waals surface area contributed by atoms with E-state index in [-0.39, 0.29) is 5.91 Å². The summed E-state index contributed by atoms with van der Waals surface area (Å²) in [5, 5.41) is 16.6. The molecule has 27 heavy (non-hydrogen) atoms. The molecule has 1 heterocycles. The first-order valence-corrected chi connectivity index (χ1v) is 8.71. The largest absolute Gasteiger partial charge is 0.490 e. The monoisotopic (exact) mass is 394 g/mol. The Balaban J connectivity index is 0.000000445. The first kappa shape index (κ1) is 22.9. The average molecular weight is 394 g/mol. The zero-order chi connectivity index (χ0) is 20.8. The number of carboxylic acid groups (broad SMARTS) is 2. The predicted molar refractivity (Wildman–Crippen MR) is 90.0 cm³/mol. The van der Waals surface area contributed by atoms with Crippen LogP contribution in [0.1, 0.15) is 33.1 Å². The van der Waals surface area contributed by atoms with Crippen LogP contribution >= 0.6 is 0 Å². The fourth-order valence-corrected chi connectivity index (χ4v) is 3.36. The van der Waals surface area contributed by atoms with Crippen LogP contribution in [0.4, 0.5) is 13.2 Å². The summed E-state index contributed by atoms with van der Waals surface area (Å²) in [5.74, 6) is -3.95. The predicted octanol–water partition coefficient (Wildman–Crippen LogP) is 1.98. The van der Waals surface area contributed by atoms with Crippen LogP contribution in [0.2, 0.25) is 0 Å². The molecule has 1 aliphatic carbocycles. The quantitative estimate of drug-likeness (QED) is 0.547. The van der Waals surface area contributed by atoms with Crippen molar-refractivity contribution in [1.82, 2.24) is 9.80 Å². The van der Waals surface area contributed by atoms with E-state index in [1.54, 1.807) is 4.90 Å². The molecule has 2 rings (SSSR count). The number of aliphatic carboxylic acids is 2. The summed E-state index contributed by atoms with van der Waals surface area (Å²) < 4.78 is 31.7. The summed E-state index contributed by atoms with van der Waals surface area (Å²) in [6.07, 6.45) is 0.131. The van der Waals surface area contributed by atoms with E-state index in [4.69, 9.17) is 9.90 Å². The van der Waals surface area contributed by atoms with Gasteiger partial charge in [-0.05, 0) is 32.4 Å². The number of nitrogens with zero attached hydrogens (tertiary/aromatic N) is 2. The van der Waals surface area contributed by atoms with Crippen molar-refractivity contribution < 1.29 is 37.8 Å². The normalized spacial score (nSPS) is 21.1. The van der Waals surface area contributed by atoms with Gasteiger partial charge in [0.25, 0.3) is 0 Å². The highest BCUT2D eigenvalue weighted by molar-refractivity contribution is 6.02. The molecule has 1 fully saturated rings. The molecule has 0 aromatic rings. The van der Waals surface area contributed by atoms with Crippen molar-refractivity contribution in [3.63, 3.8) is 0 Å². The Bertz CT molecular complexity index is 580. The molecule has 0 radical (unpaired) electrons. The van der Waals surface area contributed by atoms with Crippen LogP contribution in [0.15, 0.2) is 12.2 Å². The topological polar surface area (TPSA) is 98.2 Å². The number of allylic oxidation sites excluding steroid dienone is 2. The van der Waals surface area contributed by atoms with Crippen molar-refractivity contribution in [3.8, 4) is 0 Å². The van der Waals surface area contributed by atoms with Crippen molar-refractivity contribution >= 4 is 17.8 Å². The molecule has 154 valence electrons. The third-order valence-electron chi connectivity index (χ3n) is 4.94. The Kier molecular flexibility index (Phi) is 7.82. The molecule has 1 saturated heterocycles. The van der Waals surface area contributed by atoms with Gasteiger partial charge >= 0.3 is 18.1 Å². The summed E-state index contributed by atoms with van der Waals surface area (Å²) in [7, 11) is 0. The molecular weight excluding hydrogens is 369 g/mol. The number of carbonyl (C=O) groups excluding carboxylic acids is 1. The molecule has 1 unspecified atom stereocenters. The van der Waals surface area contributed by atoms with Crippen LogP contribution in [0.5, 0.6) is 0 Å². The van der Waals surface area contributed by atoms with Crippen molar-refractivity contribution in [2.24, 2.45) is 5.41 Å². The second-order valence-corrected chi connectivity index (χ2v) is 6.48. The maximum atomic E-state index is 12.6. The van der Waals surface area contributed by atoms with Gasteiger partial charge in [-0.3, -0.25) is 14.5 Å². The Morgan fingerprint density at radius 2 is 1.63 bits per heavy atom. The summed E-state index contributed by atoms with van der Waals surface area (Å²) in [5.41, 5.74) is -1.24. The van der Waals surface area contributed by atoms with E-state index in [1.807, 2.05) is 12.2 Å². The number of carbonyl (C=O) groups is 3. The Hall–Kier alpha value is -2.10. The summed E-state index contributed by atoms with van der Waals surface area (Å²) in [4.78, 5) is 37.2. The minimum absolute atomic E-state index is 0.204. The van der Waals surface area contributed by atoms with Gasteiger partial charge in [0.05, 0.1) is 0 Å². The second-order valence-electron chi connectivity index (χ2n) is 6.48. The van der Waals surface area contributed by atoms with Crippen LogP contribution in [-0.4, -0.2) is 76.3 Å². The molecule has 2 N–H and O–H groups in total. The minimum Gasteiger partial charge on any atom is -0.480 e. The molecular formula is C17H25F3N2O5. The first-order valence-electron chi connectivity index (χ1n) is 8.71. The maximum Gasteiger partial charge on any atom is 0.490 e. The molecule has 7 nitrogen and oxygen atoms in total. The second kappa shape index (κ2) is 9.20. The van der Waals surface area contributed by atoms with Crippen molar-refractivity contribution in [1.29, 1.82) is 0 Å². The minimum atomic E-state index is -5.08. The van der Waals surface area contributed by atoms with Gasteiger partial charge in [-0.15, -0.1) is 0 Å². The molecule has 2 aliphatic rings. The van der Waals surface area contributed by atoms with Gasteiger partial charge in [-0.2, -0.15) is 13.2 Å². The number of carboxylic acids is 2. The van der Waals surface area contributed by atoms with Crippen LogP contribution in [0.25, 0.3) is 0 Å². The van der Waals surface area contributed by atoms with Crippen LogP contribution in [-0.2, 0) is 14.4 Å². The number of amides is 1. The number of alkyl halides is 3. The van der Waals surface area contributed by atoms with Gasteiger partial charge in [-0.1, -0.05) is 26.0 Å². The zero-order valence-corrected chi connectivity index (χ0v) is 15.3. The molecule has 0 aromatic carbocycles. The lowest BCUT2D eigenvalue weighted by atomic mass is 9.84. The lowest BCUT2D eigenvalue weighted by Crippen LogP contribution is -2.47. The van der Waals surface area contributed by atoms with Gasteiger partial charge in [0.2, 0.25) is 5.91 Å². The van der Waals surface area contributed by atoms with Crippen molar-refractivity contribution in [3.05, 3.63) is 12.2 Å². The van der Waals surface area contributed by atoms with E-state index >= 15 is 0 Å². The lowest BCUT2D eigenvalue weighted by molar-refractivity contribution is -0.192. The van der Waals surface area contributed by atoms with Crippen LogP contribution in [0.3, 0.4) is 0 Å². The van der Waals surface area contributed by atoms with Gasteiger partial charge in [0.15, 0.2) is 5.41 Å². The van der Waals surface area contributed by atoms with Gasteiger partial charge < -0.3 is 15.1 Å². The van der Waals surface area contributed by atoms with Crippen molar-refractivity contribution in [2.45, 2.75) is 45.3 Å². The van der Waals surface area contributed by atoms with E-state index in [1.165, 1.54) is 0 Å². The molecule has 0 aromatic heterocycles. The molecule has 1 atom stereocenters. The summed E-state index contributed by atoms with van der Waals surface area (Å²) in [6.45, 7) is 7.51. The number of rotatable bonds is 5. The highest BCUT2D eigenvalue weighted by Gasteiger charge is 2.49. The third-order valence-corrected chi connectivity index (χ3v) is 4.94. The number of halogens is 3. The van der Waals surface area contributed by atoms with Gasteiger partial charge in [0.1, 0.15) is 0 Å². The number of hydrogen-bond acceptors (Lipinski definition) is 4. The molecule has 0 bridgehead atoms. The Morgan fingerprint density at radius 3 is 2.00 bits per heavy atom. The maximum absolute atomic E-state index is 12.6. The fourth-order valence-electron chi connectivity index (χ4n) is 3.36. The van der Waals surface area contributed by atoms with E-state index < -0.39 is 23.5 Å². The van der Waals surface area contributed by atoms with E-state index in [0.29, 0.717) is 32.0 Å². The Labute approximate surface area is 155 Å². The van der Waals surface area contributed by atoms with E-state index in [9.17, 15) is 27.9 Å². The third kappa shape index (κ3) is 5.44. The standard InChI is InChI=1S/C15H24N2O3.C2HF3O2/c1-3-16(4-2)12-7-10-17(11-12)13(18)15(14(19)20)8-5-6-9-15;3-2(4,5)1(6)7/h5-6,12H,3-4,7-11H2,1-2H3,(H,19,20);(H,6,7). The molecule has 1 aliphatic heterocycles. The summed E-state index contributed by atoms with van der Waals surface area (Å²) in [6, 6.07) is 0.370. The summed E-state index contributed by atoms with van der Waals surface area (Å²) >= 11 is 0. The highest BCUT2D eigenvalue weighted by atomic mass is 19.4.